The van der Waals surface area contributed by atoms with E-state index in [0.717, 1.165) is 5.69 Å². The molecule has 3 N–H and O–H groups in total. The Hall–Kier alpha value is -2.40. The molecule has 92 valence electrons. The third-order valence-corrected chi connectivity index (χ3v) is 2.21. The zero-order valence-corrected chi connectivity index (χ0v) is 9.67. The van der Waals surface area contributed by atoms with Crippen LogP contribution in [0.3, 0.4) is 0 Å². The Morgan fingerprint density at radius 1 is 1.39 bits per heavy atom. The summed E-state index contributed by atoms with van der Waals surface area (Å²) in [6, 6.07) is 8.81. The van der Waals surface area contributed by atoms with E-state index in [1.807, 2.05) is 0 Å². The number of aromatic nitrogens is 1. The minimum Gasteiger partial charge on any atom is -0.465 e. The van der Waals surface area contributed by atoms with E-state index in [2.05, 4.69) is 10.3 Å². The van der Waals surface area contributed by atoms with Crippen molar-refractivity contribution in [3.05, 3.63) is 54.1 Å². The largest absolute Gasteiger partial charge is 0.465 e. The lowest BCUT2D eigenvalue weighted by molar-refractivity contribution is -0.111. The molecule has 0 unspecified atom stereocenters. The maximum absolute atomic E-state index is 11.6. The molecule has 18 heavy (non-hydrogen) atoms. The van der Waals surface area contributed by atoms with E-state index in [1.54, 1.807) is 42.7 Å². The highest BCUT2D eigenvalue weighted by atomic mass is 16.3. The van der Waals surface area contributed by atoms with Crippen LogP contribution < -0.4 is 11.1 Å². The molecule has 0 spiro atoms. The quantitative estimate of drug-likeness (QED) is 0.802. The van der Waals surface area contributed by atoms with Gasteiger partial charge in [0.1, 0.15) is 11.6 Å². The van der Waals surface area contributed by atoms with Crippen molar-refractivity contribution < 1.29 is 9.21 Å². The first-order valence-electron chi connectivity index (χ1n) is 5.46. The summed E-state index contributed by atoms with van der Waals surface area (Å²) in [5.74, 6) is 0.828. The van der Waals surface area contributed by atoms with Crippen LogP contribution in [0.4, 0.5) is 5.82 Å². The van der Waals surface area contributed by atoms with Gasteiger partial charge in [0.15, 0.2) is 0 Å². The molecule has 0 atom stereocenters. The number of furan rings is 1. The Morgan fingerprint density at radius 3 is 3.00 bits per heavy atom. The van der Waals surface area contributed by atoms with Gasteiger partial charge in [-0.25, -0.2) is 4.98 Å². The van der Waals surface area contributed by atoms with Gasteiger partial charge < -0.3 is 15.5 Å². The fourth-order valence-electron chi connectivity index (χ4n) is 1.37. The Balaban J connectivity index is 1.98. The SMILES string of the molecule is NCc1cccc(NC(=O)/C=C/c2ccco2)n1. The molecule has 0 radical (unpaired) electrons. The molecule has 0 aliphatic rings. The predicted molar refractivity (Wildman–Crippen MR) is 68.5 cm³/mol. The summed E-state index contributed by atoms with van der Waals surface area (Å²) < 4.78 is 5.07. The Bertz CT molecular complexity index is 547. The van der Waals surface area contributed by atoms with E-state index in [0.29, 0.717) is 18.1 Å². The first-order valence-corrected chi connectivity index (χ1v) is 5.46. The average molecular weight is 243 g/mol. The normalized spacial score (nSPS) is 10.7. The highest BCUT2D eigenvalue weighted by Crippen LogP contribution is 2.06. The summed E-state index contributed by atoms with van der Waals surface area (Å²) in [4.78, 5) is 15.8. The Kier molecular flexibility index (Phi) is 3.88. The second kappa shape index (κ2) is 5.79. The molecule has 2 aromatic heterocycles. The molecule has 2 heterocycles. The smallest absolute Gasteiger partial charge is 0.249 e. The zero-order valence-electron chi connectivity index (χ0n) is 9.67. The lowest BCUT2D eigenvalue weighted by Gasteiger charge is -2.02. The van der Waals surface area contributed by atoms with Crippen LogP contribution in [0.1, 0.15) is 11.5 Å². The number of nitrogens with one attached hydrogen (secondary N) is 1. The number of carbonyl (C=O) groups is 1. The predicted octanol–water partition coefficient (Wildman–Crippen LogP) is 1.79. The molecule has 0 fully saturated rings. The number of pyridine rings is 1. The van der Waals surface area contributed by atoms with E-state index in [4.69, 9.17) is 10.2 Å². The number of nitrogens with two attached hydrogens (primary N) is 1. The van der Waals surface area contributed by atoms with E-state index in [1.165, 1.54) is 6.08 Å². The molecule has 0 aromatic carbocycles. The molecular weight excluding hydrogens is 230 g/mol. The Labute approximate surface area is 104 Å². The number of nitrogens with zero attached hydrogens (tertiary/aromatic N) is 1. The van der Waals surface area contributed by atoms with Gasteiger partial charge in [-0.05, 0) is 30.3 Å². The van der Waals surface area contributed by atoms with Crippen LogP contribution in [0, 0.1) is 0 Å². The van der Waals surface area contributed by atoms with Crippen molar-refractivity contribution in [3.63, 3.8) is 0 Å². The molecule has 2 rings (SSSR count). The molecule has 2 aromatic rings. The molecule has 0 aliphatic carbocycles. The summed E-state index contributed by atoms with van der Waals surface area (Å²) in [5.41, 5.74) is 6.20. The minimum atomic E-state index is -0.270. The van der Waals surface area contributed by atoms with Crippen LogP contribution in [-0.4, -0.2) is 10.9 Å². The van der Waals surface area contributed by atoms with Crippen molar-refractivity contribution in [1.29, 1.82) is 0 Å². The Morgan fingerprint density at radius 2 is 2.28 bits per heavy atom. The fourth-order valence-corrected chi connectivity index (χ4v) is 1.37. The van der Waals surface area contributed by atoms with E-state index < -0.39 is 0 Å². The zero-order chi connectivity index (χ0) is 12.8. The fraction of sp³-hybridized carbons (Fsp3) is 0.0769. The van der Waals surface area contributed by atoms with Gasteiger partial charge in [0, 0.05) is 12.6 Å². The number of hydrogen-bond donors (Lipinski definition) is 2. The molecule has 0 saturated heterocycles. The average Bonchev–Trinajstić information content (AvgIpc) is 2.90. The summed E-state index contributed by atoms with van der Waals surface area (Å²) in [6.45, 7) is 0.339. The van der Waals surface area contributed by atoms with Crippen LogP contribution in [0.25, 0.3) is 6.08 Å². The van der Waals surface area contributed by atoms with E-state index in [-0.39, 0.29) is 5.91 Å². The first-order chi connectivity index (χ1) is 8.78. The lowest BCUT2D eigenvalue weighted by atomic mass is 10.3. The van der Waals surface area contributed by atoms with Gasteiger partial charge in [0.05, 0.1) is 12.0 Å². The third kappa shape index (κ3) is 3.29. The van der Waals surface area contributed by atoms with Crippen LogP contribution >= 0.6 is 0 Å². The second-order valence-electron chi connectivity index (χ2n) is 3.56. The van der Waals surface area contributed by atoms with Crippen molar-refractivity contribution >= 4 is 17.8 Å². The van der Waals surface area contributed by atoms with Crippen molar-refractivity contribution in [1.82, 2.24) is 4.98 Å². The molecule has 0 aliphatic heterocycles. The van der Waals surface area contributed by atoms with Gasteiger partial charge >= 0.3 is 0 Å². The van der Waals surface area contributed by atoms with Crippen molar-refractivity contribution in [3.8, 4) is 0 Å². The molecule has 5 heteroatoms. The molecular formula is C13H13N3O2. The van der Waals surface area contributed by atoms with Crippen molar-refractivity contribution in [2.75, 3.05) is 5.32 Å². The van der Waals surface area contributed by atoms with E-state index in [9.17, 15) is 4.79 Å². The molecule has 0 bridgehead atoms. The first kappa shape index (κ1) is 12.1. The van der Waals surface area contributed by atoms with Crippen LogP contribution in [0.5, 0.6) is 0 Å². The standard InChI is InChI=1S/C13H13N3O2/c14-9-10-3-1-5-12(15-10)16-13(17)7-6-11-4-2-8-18-11/h1-8H,9,14H2,(H,15,16,17)/b7-6+. The molecule has 5 nitrogen and oxygen atoms in total. The van der Waals surface area contributed by atoms with Crippen molar-refractivity contribution in [2.24, 2.45) is 5.73 Å². The maximum Gasteiger partial charge on any atom is 0.249 e. The summed E-state index contributed by atoms with van der Waals surface area (Å²) >= 11 is 0. The molecule has 1 amide bonds. The van der Waals surface area contributed by atoms with Gasteiger partial charge in [-0.1, -0.05) is 6.07 Å². The number of rotatable bonds is 4. The summed E-state index contributed by atoms with van der Waals surface area (Å²) in [7, 11) is 0. The van der Waals surface area contributed by atoms with Crippen LogP contribution in [0.2, 0.25) is 0 Å². The highest BCUT2D eigenvalue weighted by molar-refractivity contribution is 6.01. The highest BCUT2D eigenvalue weighted by Gasteiger charge is 2.00. The molecule has 0 saturated carbocycles. The third-order valence-electron chi connectivity index (χ3n) is 2.21. The van der Waals surface area contributed by atoms with Gasteiger partial charge in [0.25, 0.3) is 0 Å². The van der Waals surface area contributed by atoms with Crippen LogP contribution in [0.15, 0.2) is 47.1 Å². The van der Waals surface area contributed by atoms with Gasteiger partial charge in [-0.2, -0.15) is 0 Å². The summed E-state index contributed by atoms with van der Waals surface area (Å²) in [6.07, 6.45) is 4.52. The second-order valence-corrected chi connectivity index (χ2v) is 3.56. The number of hydrogen-bond acceptors (Lipinski definition) is 4. The van der Waals surface area contributed by atoms with Gasteiger partial charge in [-0.15, -0.1) is 0 Å². The van der Waals surface area contributed by atoms with E-state index >= 15 is 0 Å². The maximum atomic E-state index is 11.6. The topological polar surface area (TPSA) is 81.1 Å². The van der Waals surface area contributed by atoms with Crippen molar-refractivity contribution in [2.45, 2.75) is 6.54 Å². The minimum absolute atomic E-state index is 0.270. The van der Waals surface area contributed by atoms with Gasteiger partial charge in [-0.3, -0.25) is 4.79 Å². The van der Waals surface area contributed by atoms with Gasteiger partial charge in [0.2, 0.25) is 5.91 Å². The van der Waals surface area contributed by atoms with Crippen LogP contribution in [-0.2, 0) is 11.3 Å². The monoisotopic (exact) mass is 243 g/mol. The number of amides is 1. The number of carbonyl (C=O) groups excluding carboxylic acids is 1. The lowest BCUT2D eigenvalue weighted by Crippen LogP contribution is -2.10. The number of anilines is 1. The summed E-state index contributed by atoms with van der Waals surface area (Å²) in [5, 5.41) is 2.64.